The van der Waals surface area contributed by atoms with Gasteiger partial charge in [-0.3, -0.25) is 9.89 Å². The first kappa shape index (κ1) is 14.1. The van der Waals surface area contributed by atoms with Gasteiger partial charge in [0.05, 0.1) is 6.20 Å². The molecule has 0 bridgehead atoms. The summed E-state index contributed by atoms with van der Waals surface area (Å²) in [5.41, 5.74) is 10.2. The second kappa shape index (κ2) is 6.23. The van der Waals surface area contributed by atoms with Crippen LogP contribution in [-0.2, 0) is 6.42 Å². The molecule has 0 aliphatic rings. The van der Waals surface area contributed by atoms with Crippen molar-refractivity contribution < 1.29 is 4.79 Å². The highest BCUT2D eigenvalue weighted by molar-refractivity contribution is 5.96. The first-order chi connectivity index (χ1) is 9.58. The van der Waals surface area contributed by atoms with Crippen molar-refractivity contribution in [3.05, 3.63) is 46.8 Å². The summed E-state index contributed by atoms with van der Waals surface area (Å²) in [7, 11) is 0. The Hall–Kier alpha value is -2.30. The second-order valence-corrected chi connectivity index (χ2v) is 4.95. The van der Waals surface area contributed by atoms with Crippen LogP contribution in [0.3, 0.4) is 0 Å². The lowest BCUT2D eigenvalue weighted by Gasteiger charge is -2.08. The third-order valence-corrected chi connectivity index (χ3v) is 3.35. The molecule has 0 radical (unpaired) electrons. The molecule has 5 nitrogen and oxygen atoms in total. The molecule has 0 aliphatic carbocycles. The van der Waals surface area contributed by atoms with Gasteiger partial charge in [-0.15, -0.1) is 0 Å². The Kier molecular flexibility index (Phi) is 4.40. The maximum atomic E-state index is 12.1. The predicted octanol–water partition coefficient (Wildman–Crippen LogP) is 1.97. The van der Waals surface area contributed by atoms with Crippen molar-refractivity contribution in [2.45, 2.75) is 26.7 Å². The average molecular weight is 272 g/mol. The second-order valence-electron chi connectivity index (χ2n) is 4.95. The van der Waals surface area contributed by atoms with Crippen molar-refractivity contribution >= 4 is 11.6 Å². The Balaban J connectivity index is 1.83. The van der Waals surface area contributed by atoms with E-state index in [1.165, 1.54) is 5.56 Å². The van der Waals surface area contributed by atoms with Crippen LogP contribution in [0.4, 0.5) is 5.69 Å². The van der Waals surface area contributed by atoms with Gasteiger partial charge in [0.2, 0.25) is 0 Å². The molecule has 2 aromatic rings. The third kappa shape index (κ3) is 3.38. The molecule has 106 valence electrons. The maximum Gasteiger partial charge on any atom is 0.251 e. The minimum atomic E-state index is -0.0706. The van der Waals surface area contributed by atoms with Crippen LogP contribution in [0.15, 0.2) is 24.4 Å². The van der Waals surface area contributed by atoms with Crippen LogP contribution in [0.2, 0.25) is 0 Å². The summed E-state index contributed by atoms with van der Waals surface area (Å²) in [4.78, 5) is 12.1. The summed E-state index contributed by atoms with van der Waals surface area (Å²) in [5, 5.41) is 9.81. The Bertz CT molecular complexity index is 604. The summed E-state index contributed by atoms with van der Waals surface area (Å²) in [6.07, 6.45) is 3.62. The van der Waals surface area contributed by atoms with E-state index in [-0.39, 0.29) is 5.91 Å². The van der Waals surface area contributed by atoms with Gasteiger partial charge in [0, 0.05) is 23.5 Å². The van der Waals surface area contributed by atoms with Gasteiger partial charge in [0.25, 0.3) is 5.91 Å². The third-order valence-electron chi connectivity index (χ3n) is 3.35. The number of carbonyl (C=O) groups is 1. The van der Waals surface area contributed by atoms with E-state index in [0.29, 0.717) is 17.8 Å². The normalized spacial score (nSPS) is 10.5. The number of aryl methyl sites for hydroxylation is 3. The van der Waals surface area contributed by atoms with Crippen LogP contribution < -0.4 is 11.1 Å². The number of hydrogen-bond donors (Lipinski definition) is 3. The average Bonchev–Trinajstić information content (AvgIpc) is 2.83. The van der Waals surface area contributed by atoms with E-state index < -0.39 is 0 Å². The maximum absolute atomic E-state index is 12.1. The predicted molar refractivity (Wildman–Crippen MR) is 79.6 cm³/mol. The van der Waals surface area contributed by atoms with E-state index in [2.05, 4.69) is 15.5 Å². The number of anilines is 1. The van der Waals surface area contributed by atoms with Gasteiger partial charge in [-0.25, -0.2) is 0 Å². The Morgan fingerprint density at radius 2 is 2.20 bits per heavy atom. The number of rotatable bonds is 5. The fraction of sp³-hybridized carbons (Fsp3) is 0.333. The molecule has 1 heterocycles. The van der Waals surface area contributed by atoms with Gasteiger partial charge < -0.3 is 11.1 Å². The molecule has 0 fully saturated rings. The van der Waals surface area contributed by atoms with Gasteiger partial charge in [-0.2, -0.15) is 5.10 Å². The molecule has 0 atom stereocenters. The number of aromatic nitrogens is 2. The molecule has 0 saturated heterocycles. The van der Waals surface area contributed by atoms with Gasteiger partial charge in [-0.1, -0.05) is 6.07 Å². The van der Waals surface area contributed by atoms with E-state index in [0.717, 1.165) is 24.1 Å². The monoisotopic (exact) mass is 272 g/mol. The van der Waals surface area contributed by atoms with Crippen LogP contribution in [0.25, 0.3) is 0 Å². The first-order valence-electron chi connectivity index (χ1n) is 6.71. The molecule has 1 aromatic heterocycles. The molecule has 1 aromatic carbocycles. The van der Waals surface area contributed by atoms with Crippen molar-refractivity contribution in [1.29, 1.82) is 0 Å². The number of H-pyrrole nitrogens is 1. The quantitative estimate of drug-likeness (QED) is 0.574. The topological polar surface area (TPSA) is 83.8 Å². The van der Waals surface area contributed by atoms with Crippen LogP contribution in [0.1, 0.15) is 33.6 Å². The van der Waals surface area contributed by atoms with E-state index in [9.17, 15) is 4.79 Å². The first-order valence-corrected chi connectivity index (χ1v) is 6.71. The fourth-order valence-electron chi connectivity index (χ4n) is 2.09. The number of carbonyl (C=O) groups excluding carboxylic acids is 1. The standard InChI is InChI=1S/C15H20N4O/c1-10-5-6-13(16)8-14(10)15(20)17-7-3-4-12-9-18-19-11(12)2/h5-6,8-9H,3-4,7,16H2,1-2H3,(H,17,20)(H,18,19). The molecule has 1 amide bonds. The van der Waals surface area contributed by atoms with E-state index in [4.69, 9.17) is 5.73 Å². The number of nitrogens with zero attached hydrogens (tertiary/aromatic N) is 1. The zero-order valence-electron chi connectivity index (χ0n) is 11.9. The Morgan fingerprint density at radius 1 is 1.40 bits per heavy atom. The number of nitrogens with two attached hydrogens (primary N) is 1. The van der Waals surface area contributed by atoms with Crippen LogP contribution >= 0.6 is 0 Å². The molecular formula is C15H20N4O. The molecule has 20 heavy (non-hydrogen) atoms. The smallest absolute Gasteiger partial charge is 0.251 e. The number of nitrogen functional groups attached to an aromatic ring is 1. The van der Waals surface area contributed by atoms with Crippen LogP contribution in [-0.4, -0.2) is 22.6 Å². The highest BCUT2D eigenvalue weighted by atomic mass is 16.1. The summed E-state index contributed by atoms with van der Waals surface area (Å²) in [5.74, 6) is -0.0706. The van der Waals surface area contributed by atoms with Crippen molar-refractivity contribution in [2.24, 2.45) is 0 Å². The van der Waals surface area contributed by atoms with Crippen molar-refractivity contribution in [2.75, 3.05) is 12.3 Å². The number of hydrogen-bond acceptors (Lipinski definition) is 3. The molecule has 0 saturated carbocycles. The zero-order valence-corrected chi connectivity index (χ0v) is 11.9. The van der Waals surface area contributed by atoms with E-state index >= 15 is 0 Å². The highest BCUT2D eigenvalue weighted by Crippen LogP contribution is 2.12. The number of nitrogens with one attached hydrogen (secondary N) is 2. The summed E-state index contributed by atoms with van der Waals surface area (Å²) in [6, 6.07) is 5.37. The summed E-state index contributed by atoms with van der Waals surface area (Å²) in [6.45, 7) is 4.54. The Labute approximate surface area is 118 Å². The number of aromatic amines is 1. The van der Waals surface area contributed by atoms with Gasteiger partial charge in [-0.05, 0) is 49.9 Å². The number of amides is 1. The van der Waals surface area contributed by atoms with E-state index in [1.807, 2.05) is 26.1 Å². The lowest BCUT2D eigenvalue weighted by atomic mass is 10.1. The molecule has 0 aliphatic heterocycles. The lowest BCUT2D eigenvalue weighted by molar-refractivity contribution is 0.0952. The van der Waals surface area contributed by atoms with E-state index in [1.54, 1.807) is 12.1 Å². The summed E-state index contributed by atoms with van der Waals surface area (Å²) < 4.78 is 0. The molecule has 0 spiro atoms. The Morgan fingerprint density at radius 3 is 2.90 bits per heavy atom. The fourth-order valence-corrected chi connectivity index (χ4v) is 2.09. The van der Waals surface area contributed by atoms with Gasteiger partial charge in [0.15, 0.2) is 0 Å². The van der Waals surface area contributed by atoms with Crippen molar-refractivity contribution in [3.8, 4) is 0 Å². The highest BCUT2D eigenvalue weighted by Gasteiger charge is 2.08. The van der Waals surface area contributed by atoms with Crippen molar-refractivity contribution in [1.82, 2.24) is 15.5 Å². The lowest BCUT2D eigenvalue weighted by Crippen LogP contribution is -2.25. The molecular weight excluding hydrogens is 252 g/mol. The minimum absolute atomic E-state index is 0.0706. The molecule has 5 heteroatoms. The largest absolute Gasteiger partial charge is 0.399 e. The number of benzene rings is 1. The molecule has 2 rings (SSSR count). The van der Waals surface area contributed by atoms with Crippen LogP contribution in [0, 0.1) is 13.8 Å². The summed E-state index contributed by atoms with van der Waals surface area (Å²) >= 11 is 0. The van der Waals surface area contributed by atoms with Crippen LogP contribution in [0.5, 0.6) is 0 Å². The molecule has 0 unspecified atom stereocenters. The van der Waals surface area contributed by atoms with Crippen molar-refractivity contribution in [3.63, 3.8) is 0 Å². The SMILES string of the molecule is Cc1ccc(N)cc1C(=O)NCCCc1cn[nH]c1C. The zero-order chi connectivity index (χ0) is 14.5. The molecule has 4 N–H and O–H groups in total. The van der Waals surface area contributed by atoms with Gasteiger partial charge >= 0.3 is 0 Å². The van der Waals surface area contributed by atoms with Gasteiger partial charge in [0.1, 0.15) is 0 Å². The minimum Gasteiger partial charge on any atom is -0.399 e.